The monoisotopic (exact) mass is 435 g/mol. The molecule has 0 saturated heterocycles. The van der Waals surface area contributed by atoms with Crippen molar-refractivity contribution in [2.45, 2.75) is 37.0 Å². The fourth-order valence-electron chi connectivity index (χ4n) is 2.78. The second kappa shape index (κ2) is 8.24. The fourth-order valence-corrected chi connectivity index (χ4v) is 3.90. The number of carbonyl (C=O) groups excluding carboxylic acids is 1. The van der Waals surface area contributed by atoms with E-state index in [0.29, 0.717) is 35.7 Å². The van der Waals surface area contributed by atoms with E-state index in [0.717, 1.165) is 18.2 Å². The zero-order chi connectivity index (χ0) is 19.6. The lowest BCUT2D eigenvalue weighted by Gasteiger charge is -2.20. The van der Waals surface area contributed by atoms with Crippen molar-refractivity contribution in [1.82, 2.24) is 9.97 Å². The highest BCUT2D eigenvalue weighted by Crippen LogP contribution is 2.35. The second-order valence-electron chi connectivity index (χ2n) is 5.95. The SMILES string of the molecule is O=C(CSc1nc2c(c(C(F)(F)F)n1)CCCC2)Nc1ccc(Cl)cc1Cl. The van der Waals surface area contributed by atoms with Crippen molar-refractivity contribution in [2.24, 2.45) is 0 Å². The molecule has 1 amide bonds. The maximum Gasteiger partial charge on any atom is 0.433 e. The Morgan fingerprint density at radius 3 is 2.63 bits per heavy atom. The number of amides is 1. The van der Waals surface area contributed by atoms with E-state index < -0.39 is 17.8 Å². The Hall–Kier alpha value is -1.51. The first-order valence-electron chi connectivity index (χ1n) is 8.08. The molecule has 0 fully saturated rings. The molecule has 4 nitrogen and oxygen atoms in total. The summed E-state index contributed by atoms with van der Waals surface area (Å²) in [5, 5.41) is 3.23. The number of anilines is 1. The summed E-state index contributed by atoms with van der Waals surface area (Å²) in [5.74, 6) is -0.575. The van der Waals surface area contributed by atoms with Gasteiger partial charge in [0.05, 0.1) is 16.5 Å². The molecule has 27 heavy (non-hydrogen) atoms. The minimum absolute atomic E-state index is 0.0553. The van der Waals surface area contributed by atoms with Gasteiger partial charge in [-0.2, -0.15) is 13.2 Å². The van der Waals surface area contributed by atoms with Gasteiger partial charge in [-0.3, -0.25) is 4.79 Å². The summed E-state index contributed by atoms with van der Waals surface area (Å²) in [6.07, 6.45) is -2.25. The highest BCUT2D eigenvalue weighted by atomic mass is 35.5. The van der Waals surface area contributed by atoms with Gasteiger partial charge in [-0.1, -0.05) is 35.0 Å². The lowest BCUT2D eigenvalue weighted by Crippen LogP contribution is -2.20. The van der Waals surface area contributed by atoms with Crippen molar-refractivity contribution < 1.29 is 18.0 Å². The lowest BCUT2D eigenvalue weighted by molar-refractivity contribution is -0.142. The molecule has 0 atom stereocenters. The Balaban J connectivity index is 1.73. The van der Waals surface area contributed by atoms with Crippen LogP contribution in [0.1, 0.15) is 29.8 Å². The molecule has 1 heterocycles. The maximum atomic E-state index is 13.3. The molecule has 1 aromatic heterocycles. The van der Waals surface area contributed by atoms with Crippen LogP contribution in [0, 0.1) is 0 Å². The van der Waals surface area contributed by atoms with Crippen LogP contribution in [0.5, 0.6) is 0 Å². The van der Waals surface area contributed by atoms with E-state index in [-0.39, 0.29) is 21.5 Å². The van der Waals surface area contributed by atoms with Crippen LogP contribution in [0.25, 0.3) is 0 Å². The predicted octanol–water partition coefficient (Wildman–Crippen LogP) is 5.41. The number of rotatable bonds is 4. The predicted molar refractivity (Wildman–Crippen MR) is 99.5 cm³/mol. The van der Waals surface area contributed by atoms with Gasteiger partial charge in [-0.15, -0.1) is 0 Å². The molecule has 0 spiro atoms. The second-order valence-corrected chi connectivity index (χ2v) is 7.73. The van der Waals surface area contributed by atoms with Crippen molar-refractivity contribution >= 4 is 46.6 Å². The number of benzene rings is 1. The number of nitrogens with one attached hydrogen (secondary N) is 1. The maximum absolute atomic E-state index is 13.3. The van der Waals surface area contributed by atoms with Gasteiger partial charge in [-0.05, 0) is 43.9 Å². The molecule has 0 unspecified atom stereocenters. The minimum atomic E-state index is -4.54. The number of halogens is 5. The number of hydrogen-bond acceptors (Lipinski definition) is 4. The number of aryl methyl sites for hydroxylation is 1. The van der Waals surface area contributed by atoms with Crippen LogP contribution in [-0.4, -0.2) is 21.6 Å². The standard InChI is InChI=1S/C17H14Cl2F3N3OS/c18-9-5-6-13(11(19)7-9)23-14(26)8-27-16-24-12-4-2-1-3-10(12)15(25-16)17(20,21)22/h5-7H,1-4,8H2,(H,23,26). The Bertz CT molecular complexity index is 877. The highest BCUT2D eigenvalue weighted by molar-refractivity contribution is 7.99. The van der Waals surface area contributed by atoms with Crippen molar-refractivity contribution in [3.05, 3.63) is 45.2 Å². The summed E-state index contributed by atoms with van der Waals surface area (Å²) in [4.78, 5) is 20.0. The van der Waals surface area contributed by atoms with Gasteiger partial charge in [0.1, 0.15) is 0 Å². The summed E-state index contributed by atoms with van der Waals surface area (Å²) in [6, 6.07) is 4.59. The average Bonchev–Trinajstić information content (AvgIpc) is 2.61. The first-order valence-corrected chi connectivity index (χ1v) is 9.83. The van der Waals surface area contributed by atoms with Crippen molar-refractivity contribution in [3.8, 4) is 0 Å². The Kier molecular flexibility index (Phi) is 6.18. The van der Waals surface area contributed by atoms with Gasteiger partial charge in [-0.25, -0.2) is 9.97 Å². The van der Waals surface area contributed by atoms with Gasteiger partial charge in [0.15, 0.2) is 10.9 Å². The first kappa shape index (κ1) is 20.2. The lowest BCUT2D eigenvalue weighted by atomic mass is 9.94. The molecule has 1 aromatic carbocycles. The molecule has 0 aliphatic heterocycles. The van der Waals surface area contributed by atoms with Crippen LogP contribution < -0.4 is 5.32 Å². The highest BCUT2D eigenvalue weighted by Gasteiger charge is 2.38. The Labute approximate surface area is 167 Å². The first-order chi connectivity index (χ1) is 12.7. The third-order valence-electron chi connectivity index (χ3n) is 3.97. The summed E-state index contributed by atoms with van der Waals surface area (Å²) < 4.78 is 39.9. The van der Waals surface area contributed by atoms with Crippen LogP contribution >= 0.6 is 35.0 Å². The molecule has 2 aromatic rings. The number of thioether (sulfide) groups is 1. The van der Waals surface area contributed by atoms with Crippen LogP contribution in [0.4, 0.5) is 18.9 Å². The van der Waals surface area contributed by atoms with Crippen LogP contribution in [0.15, 0.2) is 23.4 Å². The van der Waals surface area contributed by atoms with Crippen molar-refractivity contribution in [3.63, 3.8) is 0 Å². The largest absolute Gasteiger partial charge is 0.433 e. The van der Waals surface area contributed by atoms with Crippen molar-refractivity contribution in [1.29, 1.82) is 0 Å². The molecular weight excluding hydrogens is 422 g/mol. The summed E-state index contributed by atoms with van der Waals surface area (Å²) in [6.45, 7) is 0. The van der Waals surface area contributed by atoms with E-state index in [2.05, 4.69) is 15.3 Å². The number of hydrogen-bond donors (Lipinski definition) is 1. The third-order valence-corrected chi connectivity index (χ3v) is 5.36. The van der Waals surface area contributed by atoms with Gasteiger partial charge >= 0.3 is 6.18 Å². The number of carbonyl (C=O) groups is 1. The Morgan fingerprint density at radius 1 is 1.19 bits per heavy atom. The van der Waals surface area contributed by atoms with E-state index in [4.69, 9.17) is 23.2 Å². The zero-order valence-corrected chi connectivity index (χ0v) is 16.2. The molecule has 144 valence electrons. The van der Waals surface area contributed by atoms with Crippen LogP contribution in [0.3, 0.4) is 0 Å². The number of nitrogens with zero attached hydrogens (tertiary/aromatic N) is 2. The number of aromatic nitrogens is 2. The summed E-state index contributed by atoms with van der Waals surface area (Å²) >= 11 is 12.6. The minimum Gasteiger partial charge on any atom is -0.324 e. The molecule has 0 saturated carbocycles. The molecule has 0 radical (unpaired) electrons. The molecule has 1 aliphatic rings. The third kappa shape index (κ3) is 5.06. The van der Waals surface area contributed by atoms with Gasteiger partial charge in [0.25, 0.3) is 0 Å². The Morgan fingerprint density at radius 2 is 1.93 bits per heavy atom. The number of alkyl halides is 3. The van der Waals surface area contributed by atoms with E-state index >= 15 is 0 Å². The smallest absolute Gasteiger partial charge is 0.324 e. The molecule has 1 aliphatic carbocycles. The molecule has 3 rings (SSSR count). The normalized spacial score (nSPS) is 14.0. The van der Waals surface area contributed by atoms with E-state index in [9.17, 15) is 18.0 Å². The van der Waals surface area contributed by atoms with Gasteiger partial charge in [0.2, 0.25) is 5.91 Å². The molecule has 1 N–H and O–H groups in total. The van der Waals surface area contributed by atoms with E-state index in [1.165, 1.54) is 6.07 Å². The van der Waals surface area contributed by atoms with Gasteiger partial charge < -0.3 is 5.32 Å². The molecule has 0 bridgehead atoms. The zero-order valence-electron chi connectivity index (χ0n) is 13.9. The van der Waals surface area contributed by atoms with Crippen LogP contribution in [-0.2, 0) is 23.8 Å². The fraction of sp³-hybridized carbons (Fsp3) is 0.353. The quantitative estimate of drug-likeness (QED) is 0.514. The van der Waals surface area contributed by atoms with Crippen LogP contribution in [0.2, 0.25) is 10.0 Å². The van der Waals surface area contributed by atoms with E-state index in [1.807, 2.05) is 0 Å². The van der Waals surface area contributed by atoms with Crippen molar-refractivity contribution in [2.75, 3.05) is 11.1 Å². The summed E-state index contributed by atoms with van der Waals surface area (Å²) in [5.41, 5.74) is 0.0765. The van der Waals surface area contributed by atoms with Gasteiger partial charge in [0, 0.05) is 16.3 Å². The topological polar surface area (TPSA) is 54.9 Å². The molecule has 10 heteroatoms. The van der Waals surface area contributed by atoms with E-state index in [1.54, 1.807) is 12.1 Å². The summed E-state index contributed by atoms with van der Waals surface area (Å²) in [7, 11) is 0. The average molecular weight is 436 g/mol. The molecular formula is C17H14Cl2F3N3OS. The number of fused-ring (bicyclic) bond motifs is 1.